The van der Waals surface area contributed by atoms with Crippen LogP contribution < -0.4 is 0 Å². The number of carbonyl (C=O) groups is 1. The van der Waals surface area contributed by atoms with Gasteiger partial charge in [-0.3, -0.25) is 4.79 Å². The van der Waals surface area contributed by atoms with E-state index >= 15 is 0 Å². The van der Waals surface area contributed by atoms with Gasteiger partial charge in [-0.1, -0.05) is 32.9 Å². The molecule has 0 amide bonds. The first kappa shape index (κ1) is 15.9. The maximum Gasteiger partial charge on any atom is 0.178 e. The van der Waals surface area contributed by atoms with Crippen LogP contribution in [0.4, 0.5) is 0 Å². The Morgan fingerprint density at radius 2 is 1.68 bits per heavy atom. The molecule has 106 valence electrons. The largest absolute Gasteiger partial charge is 0.299 e. The summed E-state index contributed by atoms with van der Waals surface area (Å²) in [6.07, 6.45) is 0.603. The Hall–Kier alpha value is -1.16. The average Bonchev–Trinajstić information content (AvgIpc) is 2.28. The monoisotopic (exact) mass is 282 g/mol. The van der Waals surface area contributed by atoms with Gasteiger partial charge in [0.15, 0.2) is 9.84 Å². The highest BCUT2D eigenvalue weighted by Crippen LogP contribution is 2.26. The number of Topliss-reactive ketones (excluding diaryl/α,β-unsaturated/α-hetero) is 1. The van der Waals surface area contributed by atoms with Crippen LogP contribution in [0.2, 0.25) is 0 Å². The Kier molecular flexibility index (Phi) is 5.29. The van der Waals surface area contributed by atoms with E-state index in [4.69, 9.17) is 0 Å². The van der Waals surface area contributed by atoms with Gasteiger partial charge in [-0.05, 0) is 37.0 Å². The molecule has 4 heteroatoms. The molecule has 19 heavy (non-hydrogen) atoms. The molecule has 0 radical (unpaired) electrons. The SMILES string of the molecule is CCCS(=O)(=O)c1ccc(C(C(C)=O)C(C)C)cc1. The van der Waals surface area contributed by atoms with Gasteiger partial charge >= 0.3 is 0 Å². The minimum Gasteiger partial charge on any atom is -0.299 e. The number of ketones is 1. The fourth-order valence-electron chi connectivity index (χ4n) is 2.36. The molecule has 0 aliphatic heterocycles. The van der Waals surface area contributed by atoms with E-state index in [-0.39, 0.29) is 23.4 Å². The summed E-state index contributed by atoms with van der Waals surface area (Å²) in [5, 5.41) is 0. The second-order valence-electron chi connectivity index (χ2n) is 5.22. The standard InChI is InChI=1S/C15H22O3S/c1-5-10-19(17,18)14-8-6-13(7-9-14)15(11(2)3)12(4)16/h6-9,11,15H,5,10H2,1-4H3. The summed E-state index contributed by atoms with van der Waals surface area (Å²) in [4.78, 5) is 12.0. The van der Waals surface area contributed by atoms with Crippen molar-refractivity contribution in [2.24, 2.45) is 5.92 Å². The molecule has 0 N–H and O–H groups in total. The Morgan fingerprint density at radius 3 is 2.05 bits per heavy atom. The van der Waals surface area contributed by atoms with Crippen molar-refractivity contribution in [2.45, 2.75) is 44.9 Å². The molecular weight excluding hydrogens is 260 g/mol. The molecule has 0 aromatic heterocycles. The Labute approximate surface area is 116 Å². The van der Waals surface area contributed by atoms with Crippen molar-refractivity contribution in [3.8, 4) is 0 Å². The highest BCUT2D eigenvalue weighted by atomic mass is 32.2. The lowest BCUT2D eigenvalue weighted by Crippen LogP contribution is -2.15. The zero-order valence-electron chi connectivity index (χ0n) is 12.0. The van der Waals surface area contributed by atoms with Gasteiger partial charge in [0.25, 0.3) is 0 Å². The van der Waals surface area contributed by atoms with Gasteiger partial charge in [0.05, 0.1) is 10.6 Å². The first-order valence-corrected chi connectivity index (χ1v) is 8.28. The molecule has 0 saturated carbocycles. The summed E-state index contributed by atoms with van der Waals surface area (Å²) in [5.74, 6) is 0.310. The minimum atomic E-state index is -3.18. The van der Waals surface area contributed by atoms with Crippen LogP contribution in [0.15, 0.2) is 29.2 Å². The molecule has 1 rings (SSSR count). The minimum absolute atomic E-state index is 0.110. The third-order valence-corrected chi connectivity index (χ3v) is 5.11. The first-order chi connectivity index (χ1) is 8.79. The second-order valence-corrected chi connectivity index (χ2v) is 7.33. The predicted octanol–water partition coefficient (Wildman–Crippen LogP) is 3.20. The fourth-order valence-corrected chi connectivity index (χ4v) is 3.68. The summed E-state index contributed by atoms with van der Waals surface area (Å²) in [6, 6.07) is 6.74. The third kappa shape index (κ3) is 3.90. The smallest absolute Gasteiger partial charge is 0.178 e. The fraction of sp³-hybridized carbons (Fsp3) is 0.533. The van der Waals surface area contributed by atoms with Gasteiger partial charge in [0.1, 0.15) is 5.78 Å². The van der Waals surface area contributed by atoms with Crippen molar-refractivity contribution in [2.75, 3.05) is 5.75 Å². The van der Waals surface area contributed by atoms with E-state index in [0.717, 1.165) is 5.56 Å². The van der Waals surface area contributed by atoms with E-state index in [1.807, 2.05) is 20.8 Å². The van der Waals surface area contributed by atoms with Crippen LogP contribution in [-0.2, 0) is 14.6 Å². The second kappa shape index (κ2) is 6.33. The van der Waals surface area contributed by atoms with Crippen LogP contribution in [0.1, 0.15) is 45.6 Å². The van der Waals surface area contributed by atoms with Crippen LogP contribution >= 0.6 is 0 Å². The molecule has 0 aliphatic carbocycles. The Balaban J connectivity index is 3.09. The lowest BCUT2D eigenvalue weighted by atomic mass is 9.86. The van der Waals surface area contributed by atoms with Gasteiger partial charge in [0, 0.05) is 5.92 Å². The summed E-state index contributed by atoms with van der Waals surface area (Å²) < 4.78 is 23.8. The maximum atomic E-state index is 11.9. The molecule has 0 spiro atoms. The van der Waals surface area contributed by atoms with E-state index in [2.05, 4.69) is 0 Å². The number of rotatable bonds is 6. The predicted molar refractivity (Wildman–Crippen MR) is 77.0 cm³/mol. The zero-order chi connectivity index (χ0) is 14.6. The molecule has 0 saturated heterocycles. The van der Waals surface area contributed by atoms with Crippen molar-refractivity contribution >= 4 is 15.6 Å². The zero-order valence-corrected chi connectivity index (χ0v) is 12.8. The average molecular weight is 282 g/mol. The van der Waals surface area contributed by atoms with E-state index in [1.165, 1.54) is 0 Å². The number of sulfone groups is 1. The molecular formula is C15H22O3S. The van der Waals surface area contributed by atoms with E-state index in [9.17, 15) is 13.2 Å². The van der Waals surface area contributed by atoms with Gasteiger partial charge < -0.3 is 0 Å². The first-order valence-electron chi connectivity index (χ1n) is 6.62. The van der Waals surface area contributed by atoms with Gasteiger partial charge in [-0.2, -0.15) is 0 Å². The van der Waals surface area contributed by atoms with Gasteiger partial charge in [0.2, 0.25) is 0 Å². The molecule has 3 nitrogen and oxygen atoms in total. The topological polar surface area (TPSA) is 51.2 Å². The quantitative estimate of drug-likeness (QED) is 0.805. The van der Waals surface area contributed by atoms with Crippen LogP contribution in [0.3, 0.4) is 0 Å². The molecule has 0 fully saturated rings. The molecule has 0 aliphatic rings. The maximum absolute atomic E-state index is 11.9. The van der Waals surface area contributed by atoms with Crippen molar-refractivity contribution in [3.05, 3.63) is 29.8 Å². The van der Waals surface area contributed by atoms with Crippen LogP contribution in [-0.4, -0.2) is 20.0 Å². The van der Waals surface area contributed by atoms with Crippen LogP contribution in [0, 0.1) is 5.92 Å². The lowest BCUT2D eigenvalue weighted by Gasteiger charge is -2.18. The molecule has 1 unspecified atom stereocenters. The lowest BCUT2D eigenvalue weighted by molar-refractivity contribution is -0.119. The Morgan fingerprint density at radius 1 is 1.16 bits per heavy atom. The van der Waals surface area contributed by atoms with Crippen LogP contribution in [0.25, 0.3) is 0 Å². The number of carbonyl (C=O) groups excluding carboxylic acids is 1. The van der Waals surface area contributed by atoms with Gasteiger partial charge in [-0.15, -0.1) is 0 Å². The highest BCUT2D eigenvalue weighted by molar-refractivity contribution is 7.91. The highest BCUT2D eigenvalue weighted by Gasteiger charge is 2.21. The molecule has 0 bridgehead atoms. The van der Waals surface area contributed by atoms with Crippen molar-refractivity contribution in [1.29, 1.82) is 0 Å². The number of hydrogen-bond acceptors (Lipinski definition) is 3. The molecule has 1 aromatic carbocycles. The summed E-state index contributed by atoms with van der Waals surface area (Å²) in [5.41, 5.74) is 0.887. The van der Waals surface area contributed by atoms with Crippen molar-refractivity contribution in [1.82, 2.24) is 0 Å². The van der Waals surface area contributed by atoms with Crippen LogP contribution in [0.5, 0.6) is 0 Å². The Bertz CT molecular complexity index is 527. The molecule has 1 aromatic rings. The summed E-state index contributed by atoms with van der Waals surface area (Å²) >= 11 is 0. The number of benzene rings is 1. The van der Waals surface area contributed by atoms with E-state index < -0.39 is 9.84 Å². The molecule has 1 atom stereocenters. The third-order valence-electron chi connectivity index (χ3n) is 3.18. The van der Waals surface area contributed by atoms with Crippen molar-refractivity contribution < 1.29 is 13.2 Å². The number of hydrogen-bond donors (Lipinski definition) is 0. The van der Waals surface area contributed by atoms with Crippen molar-refractivity contribution in [3.63, 3.8) is 0 Å². The molecule has 0 heterocycles. The summed E-state index contributed by atoms with van der Waals surface area (Å²) in [6.45, 7) is 7.41. The summed E-state index contributed by atoms with van der Waals surface area (Å²) in [7, 11) is -3.18. The van der Waals surface area contributed by atoms with Gasteiger partial charge in [-0.25, -0.2) is 8.42 Å². The van der Waals surface area contributed by atoms with E-state index in [1.54, 1.807) is 31.2 Å². The van der Waals surface area contributed by atoms with E-state index in [0.29, 0.717) is 11.3 Å². The normalized spacial score (nSPS) is 13.5.